The number of anilines is 1. The summed E-state index contributed by atoms with van der Waals surface area (Å²) in [5.41, 5.74) is 1.71. The summed E-state index contributed by atoms with van der Waals surface area (Å²) in [6.45, 7) is 0. The standard InChI is InChI=1S/C20H23N5O/c1-26-18-12-8-9-16(15-18)21-20(13-6-3-7-14-20)19-22-23-24-25(19)17-10-4-2-5-11-17/h2,4-5,8-12,15,21H,3,6-7,13-14H2,1H3. The molecule has 0 radical (unpaired) electrons. The Labute approximate surface area is 153 Å². The van der Waals surface area contributed by atoms with E-state index >= 15 is 0 Å². The van der Waals surface area contributed by atoms with Gasteiger partial charge in [-0.1, -0.05) is 43.5 Å². The van der Waals surface area contributed by atoms with Crippen molar-refractivity contribution in [3.8, 4) is 11.4 Å². The van der Waals surface area contributed by atoms with Crippen LogP contribution in [0.5, 0.6) is 5.75 Å². The van der Waals surface area contributed by atoms with Crippen molar-refractivity contribution in [2.75, 3.05) is 12.4 Å². The summed E-state index contributed by atoms with van der Waals surface area (Å²) in [6.07, 6.45) is 5.54. The van der Waals surface area contributed by atoms with Crippen molar-refractivity contribution in [3.05, 3.63) is 60.4 Å². The molecule has 1 heterocycles. The highest BCUT2D eigenvalue weighted by atomic mass is 16.5. The summed E-state index contributed by atoms with van der Waals surface area (Å²) in [4.78, 5) is 0. The number of nitrogens with one attached hydrogen (secondary N) is 1. The number of tetrazole rings is 1. The molecule has 0 amide bonds. The third-order valence-corrected chi connectivity index (χ3v) is 5.06. The SMILES string of the molecule is COc1cccc(NC2(c3nnnn3-c3ccccc3)CCCCC2)c1. The zero-order chi connectivity index (χ0) is 17.8. The van der Waals surface area contributed by atoms with Crippen LogP contribution in [0.15, 0.2) is 54.6 Å². The molecule has 134 valence electrons. The molecular weight excluding hydrogens is 326 g/mol. The van der Waals surface area contributed by atoms with Crippen LogP contribution in [0.1, 0.15) is 37.9 Å². The quantitative estimate of drug-likeness (QED) is 0.756. The van der Waals surface area contributed by atoms with Gasteiger partial charge in [0.1, 0.15) is 5.75 Å². The molecule has 0 bridgehead atoms. The number of hydrogen-bond donors (Lipinski definition) is 1. The fraction of sp³-hybridized carbons (Fsp3) is 0.350. The lowest BCUT2D eigenvalue weighted by molar-refractivity contribution is 0.309. The molecule has 0 spiro atoms. The van der Waals surface area contributed by atoms with E-state index < -0.39 is 0 Å². The van der Waals surface area contributed by atoms with E-state index in [2.05, 4.69) is 26.9 Å². The molecule has 1 aliphatic carbocycles. The zero-order valence-corrected chi connectivity index (χ0v) is 14.9. The third kappa shape index (κ3) is 3.14. The first-order valence-corrected chi connectivity index (χ1v) is 9.07. The molecule has 0 unspecified atom stereocenters. The number of ether oxygens (including phenoxy) is 1. The van der Waals surface area contributed by atoms with Crippen LogP contribution in [-0.4, -0.2) is 27.3 Å². The summed E-state index contributed by atoms with van der Waals surface area (Å²) in [5, 5.41) is 16.4. The molecule has 1 aromatic heterocycles. The van der Waals surface area contributed by atoms with E-state index in [1.165, 1.54) is 6.42 Å². The highest BCUT2D eigenvalue weighted by Crippen LogP contribution is 2.40. The lowest BCUT2D eigenvalue weighted by Gasteiger charge is -2.37. The molecule has 1 saturated carbocycles. The molecular formula is C20H23N5O. The second kappa shape index (κ2) is 7.15. The summed E-state index contributed by atoms with van der Waals surface area (Å²) in [6, 6.07) is 18.1. The molecule has 6 nitrogen and oxygen atoms in total. The molecule has 26 heavy (non-hydrogen) atoms. The molecule has 1 N–H and O–H groups in total. The maximum Gasteiger partial charge on any atom is 0.181 e. The number of aromatic nitrogens is 4. The first-order valence-electron chi connectivity index (χ1n) is 9.07. The Morgan fingerprint density at radius 2 is 1.81 bits per heavy atom. The predicted molar refractivity (Wildman–Crippen MR) is 101 cm³/mol. The maximum atomic E-state index is 5.38. The van der Waals surface area contributed by atoms with Crippen molar-refractivity contribution in [1.82, 2.24) is 20.2 Å². The largest absolute Gasteiger partial charge is 0.497 e. The van der Waals surface area contributed by atoms with Crippen LogP contribution in [0.4, 0.5) is 5.69 Å². The second-order valence-electron chi connectivity index (χ2n) is 6.75. The van der Waals surface area contributed by atoms with E-state index in [0.29, 0.717) is 0 Å². The summed E-state index contributed by atoms with van der Waals surface area (Å²) in [7, 11) is 1.69. The molecule has 3 aromatic rings. The van der Waals surface area contributed by atoms with Gasteiger partial charge in [0.05, 0.1) is 18.3 Å². The van der Waals surface area contributed by atoms with Gasteiger partial charge in [-0.25, -0.2) is 0 Å². The van der Waals surface area contributed by atoms with E-state index in [1.807, 2.05) is 53.2 Å². The Hall–Kier alpha value is -2.89. The second-order valence-corrected chi connectivity index (χ2v) is 6.75. The Balaban J connectivity index is 1.75. The number of benzene rings is 2. The maximum absolute atomic E-state index is 5.38. The number of hydrogen-bond acceptors (Lipinski definition) is 5. The van der Waals surface area contributed by atoms with Gasteiger partial charge in [0.15, 0.2) is 5.82 Å². The van der Waals surface area contributed by atoms with Crippen molar-refractivity contribution in [1.29, 1.82) is 0 Å². The van der Waals surface area contributed by atoms with Gasteiger partial charge in [0.25, 0.3) is 0 Å². The van der Waals surface area contributed by atoms with Gasteiger partial charge in [-0.3, -0.25) is 0 Å². The average molecular weight is 349 g/mol. The van der Waals surface area contributed by atoms with E-state index in [4.69, 9.17) is 4.74 Å². The van der Waals surface area contributed by atoms with Gasteiger partial charge < -0.3 is 10.1 Å². The molecule has 4 rings (SSSR count). The van der Waals surface area contributed by atoms with Gasteiger partial charge in [0, 0.05) is 11.8 Å². The fourth-order valence-electron chi connectivity index (χ4n) is 3.77. The monoisotopic (exact) mass is 349 g/mol. The Bertz CT molecular complexity index is 855. The lowest BCUT2D eigenvalue weighted by atomic mass is 9.80. The topological polar surface area (TPSA) is 64.9 Å². The van der Waals surface area contributed by atoms with Gasteiger partial charge in [-0.15, -0.1) is 5.10 Å². The van der Waals surface area contributed by atoms with Crippen molar-refractivity contribution in [2.45, 2.75) is 37.6 Å². The highest BCUT2D eigenvalue weighted by molar-refractivity contribution is 5.51. The van der Waals surface area contributed by atoms with Crippen molar-refractivity contribution in [2.24, 2.45) is 0 Å². The van der Waals surface area contributed by atoms with Crippen LogP contribution >= 0.6 is 0 Å². The summed E-state index contributed by atoms with van der Waals surface area (Å²) >= 11 is 0. The molecule has 0 saturated heterocycles. The van der Waals surface area contributed by atoms with Gasteiger partial charge in [0.2, 0.25) is 0 Å². The van der Waals surface area contributed by atoms with Crippen molar-refractivity contribution < 1.29 is 4.74 Å². The van der Waals surface area contributed by atoms with Crippen LogP contribution in [0.25, 0.3) is 5.69 Å². The molecule has 1 aliphatic rings. The summed E-state index contributed by atoms with van der Waals surface area (Å²) < 4.78 is 7.23. The van der Waals surface area contributed by atoms with E-state index in [0.717, 1.165) is 48.6 Å². The van der Waals surface area contributed by atoms with Gasteiger partial charge in [-0.05, 0) is 47.5 Å². The number of nitrogens with zero attached hydrogens (tertiary/aromatic N) is 4. The van der Waals surface area contributed by atoms with Crippen LogP contribution in [-0.2, 0) is 5.54 Å². The van der Waals surface area contributed by atoms with E-state index in [9.17, 15) is 0 Å². The molecule has 0 atom stereocenters. The zero-order valence-electron chi connectivity index (χ0n) is 14.9. The van der Waals surface area contributed by atoms with Crippen molar-refractivity contribution >= 4 is 5.69 Å². The van der Waals surface area contributed by atoms with Crippen LogP contribution in [0.2, 0.25) is 0 Å². The van der Waals surface area contributed by atoms with Gasteiger partial charge in [-0.2, -0.15) is 4.68 Å². The molecule has 0 aliphatic heterocycles. The Morgan fingerprint density at radius 3 is 2.58 bits per heavy atom. The van der Waals surface area contributed by atoms with Crippen molar-refractivity contribution in [3.63, 3.8) is 0 Å². The highest BCUT2D eigenvalue weighted by Gasteiger charge is 2.39. The first kappa shape index (κ1) is 16.6. The Kier molecular flexibility index (Phi) is 4.56. The minimum Gasteiger partial charge on any atom is -0.497 e. The van der Waals surface area contributed by atoms with Gasteiger partial charge >= 0.3 is 0 Å². The van der Waals surface area contributed by atoms with E-state index in [1.54, 1.807) is 7.11 Å². The first-order chi connectivity index (χ1) is 12.8. The average Bonchev–Trinajstić information content (AvgIpc) is 3.20. The Morgan fingerprint density at radius 1 is 1.00 bits per heavy atom. The van der Waals surface area contributed by atoms with Crippen LogP contribution < -0.4 is 10.1 Å². The predicted octanol–water partition coefficient (Wildman–Crippen LogP) is 3.94. The molecule has 6 heteroatoms. The van der Waals surface area contributed by atoms with Crippen LogP contribution in [0.3, 0.4) is 0 Å². The smallest absolute Gasteiger partial charge is 0.181 e. The van der Waals surface area contributed by atoms with Crippen LogP contribution in [0, 0.1) is 0 Å². The fourth-order valence-corrected chi connectivity index (χ4v) is 3.77. The minimum absolute atomic E-state index is 0.288. The third-order valence-electron chi connectivity index (χ3n) is 5.06. The molecule has 2 aromatic carbocycles. The number of methoxy groups -OCH3 is 1. The number of rotatable bonds is 5. The summed E-state index contributed by atoms with van der Waals surface area (Å²) in [5.74, 6) is 1.70. The molecule has 1 fully saturated rings. The van der Waals surface area contributed by atoms with E-state index in [-0.39, 0.29) is 5.54 Å². The lowest BCUT2D eigenvalue weighted by Crippen LogP contribution is -2.40. The number of para-hydroxylation sites is 1. The normalized spacial score (nSPS) is 16.2. The minimum atomic E-state index is -0.288.